The van der Waals surface area contributed by atoms with E-state index in [1.54, 1.807) is 0 Å². The molecule has 0 aliphatic rings. The van der Waals surface area contributed by atoms with Gasteiger partial charge in [0.15, 0.2) is 0 Å². The van der Waals surface area contributed by atoms with Crippen LogP contribution in [0.5, 0.6) is 5.75 Å². The number of benzene rings is 1. The molecule has 0 unspecified atom stereocenters. The quantitative estimate of drug-likeness (QED) is 0.0154. The molecule has 0 saturated heterocycles. The summed E-state index contributed by atoms with van der Waals surface area (Å²) in [6.45, 7) is 11.3. The van der Waals surface area contributed by atoms with Gasteiger partial charge in [-0.3, -0.25) is 4.79 Å². The largest absolute Gasteiger partial charge is 0.420 e. The van der Waals surface area contributed by atoms with Gasteiger partial charge in [-0.2, -0.15) is 8.78 Å². The van der Waals surface area contributed by atoms with Crippen molar-refractivity contribution in [3.05, 3.63) is 29.1 Å². The third-order valence-corrected chi connectivity index (χ3v) is 9.70. The lowest BCUT2D eigenvalue weighted by Gasteiger charge is -2.09. The number of hydrogen-bond donors (Lipinski definition) is 0. The number of carbonyl (C=O) groups excluding carboxylic acids is 1. The Balaban J connectivity index is 1.67. The number of hydrogen-bond acceptors (Lipinski definition) is 13. The van der Waals surface area contributed by atoms with Crippen LogP contribution in [-0.4, -0.2) is 151 Å². The standard InChI is InChI=1S/C47H81F5O13/c1-2-3-4-5-6-7-8-9-10-11-12-13-14-15-16-17-19-54-21-23-56-25-27-58-29-31-60-33-35-62-37-39-64-40-38-63-36-34-61-32-30-59-28-26-57-24-22-55-20-18-41(53)65-47-45(51)43(49)42(48)44(50)46(47)52/h2-40H2,1H3. The molecule has 1 aromatic rings. The van der Waals surface area contributed by atoms with Crippen LogP contribution in [0.4, 0.5) is 22.0 Å². The summed E-state index contributed by atoms with van der Waals surface area (Å²) in [4.78, 5) is 11.7. The number of ether oxygens (including phenoxy) is 12. The molecule has 382 valence electrons. The van der Waals surface area contributed by atoms with E-state index in [2.05, 4.69) is 11.7 Å². The van der Waals surface area contributed by atoms with E-state index in [1.807, 2.05) is 0 Å². The van der Waals surface area contributed by atoms with E-state index < -0.39 is 47.2 Å². The Morgan fingerprint density at radius 1 is 0.292 bits per heavy atom. The second kappa shape index (κ2) is 47.0. The van der Waals surface area contributed by atoms with Gasteiger partial charge in [-0.25, -0.2) is 13.2 Å². The topological polar surface area (TPSA) is 128 Å². The first-order valence-corrected chi connectivity index (χ1v) is 24.0. The molecule has 0 atom stereocenters. The second-order valence-corrected chi connectivity index (χ2v) is 15.2. The predicted octanol–water partition coefficient (Wildman–Crippen LogP) is 9.12. The SMILES string of the molecule is CCCCCCCCCCCCCCCCCCOCCOCCOCCOCCOCCOCCOCCOCCOCCOCCOCCC(=O)Oc1c(F)c(F)c(F)c(F)c1F. The van der Waals surface area contributed by atoms with Gasteiger partial charge < -0.3 is 56.8 Å². The first-order chi connectivity index (χ1) is 31.9. The van der Waals surface area contributed by atoms with Gasteiger partial charge in [-0.15, -0.1) is 0 Å². The minimum Gasteiger partial charge on any atom is -0.420 e. The average Bonchev–Trinajstić information content (AvgIpc) is 3.31. The fraction of sp³-hybridized carbons (Fsp3) is 0.851. The molecule has 1 aromatic carbocycles. The average molecular weight is 949 g/mol. The molecule has 0 N–H and O–H groups in total. The van der Waals surface area contributed by atoms with E-state index in [1.165, 1.54) is 96.3 Å². The van der Waals surface area contributed by atoms with Crippen molar-refractivity contribution in [2.45, 2.75) is 116 Å². The van der Waals surface area contributed by atoms with Gasteiger partial charge in [0.1, 0.15) is 0 Å². The fourth-order valence-electron chi connectivity index (χ4n) is 6.05. The van der Waals surface area contributed by atoms with E-state index in [-0.39, 0.29) is 26.4 Å². The summed E-state index contributed by atoms with van der Waals surface area (Å²) >= 11 is 0. The highest BCUT2D eigenvalue weighted by molar-refractivity contribution is 5.72. The van der Waals surface area contributed by atoms with Crippen LogP contribution in [0.2, 0.25) is 0 Å². The zero-order chi connectivity index (χ0) is 47.1. The maximum Gasteiger partial charge on any atom is 0.313 e. The van der Waals surface area contributed by atoms with Crippen LogP contribution >= 0.6 is 0 Å². The van der Waals surface area contributed by atoms with Crippen LogP contribution in [0.3, 0.4) is 0 Å². The summed E-state index contributed by atoms with van der Waals surface area (Å²) in [6.07, 6.45) is 21.4. The van der Waals surface area contributed by atoms with Gasteiger partial charge >= 0.3 is 5.97 Å². The summed E-state index contributed by atoms with van der Waals surface area (Å²) in [7, 11) is 0. The fourth-order valence-corrected chi connectivity index (χ4v) is 6.05. The monoisotopic (exact) mass is 949 g/mol. The molecule has 1 rings (SSSR count). The van der Waals surface area contributed by atoms with Gasteiger partial charge in [0, 0.05) is 6.61 Å². The predicted molar refractivity (Wildman–Crippen MR) is 235 cm³/mol. The van der Waals surface area contributed by atoms with E-state index in [0.29, 0.717) is 112 Å². The molecular formula is C47H81F5O13. The molecule has 0 fully saturated rings. The molecule has 0 aliphatic carbocycles. The molecule has 0 spiro atoms. The molecule has 65 heavy (non-hydrogen) atoms. The number of halogens is 5. The maximum atomic E-state index is 13.6. The summed E-state index contributed by atoms with van der Waals surface area (Å²) < 4.78 is 131. The number of unbranched alkanes of at least 4 members (excludes halogenated alkanes) is 15. The summed E-state index contributed by atoms with van der Waals surface area (Å²) in [5.41, 5.74) is 0. The van der Waals surface area contributed by atoms with Crippen molar-refractivity contribution in [3.8, 4) is 5.75 Å². The number of carbonyl (C=O) groups is 1. The Labute approximate surface area is 385 Å². The zero-order valence-corrected chi connectivity index (χ0v) is 39.3. The molecule has 0 bridgehead atoms. The van der Waals surface area contributed by atoms with Crippen molar-refractivity contribution in [1.82, 2.24) is 0 Å². The zero-order valence-electron chi connectivity index (χ0n) is 39.3. The molecule has 0 saturated carbocycles. The van der Waals surface area contributed by atoms with Gasteiger partial charge in [0.25, 0.3) is 0 Å². The Hall–Kier alpha value is -2.10. The van der Waals surface area contributed by atoms with Crippen LogP contribution in [0.1, 0.15) is 116 Å². The molecular weight excluding hydrogens is 867 g/mol. The molecule has 18 heteroatoms. The maximum absolute atomic E-state index is 13.6. The molecule has 0 aromatic heterocycles. The lowest BCUT2D eigenvalue weighted by atomic mass is 10.0. The Kier molecular flexibility index (Phi) is 44.0. The van der Waals surface area contributed by atoms with Crippen LogP contribution in [-0.2, 0) is 56.9 Å². The Morgan fingerprint density at radius 2 is 0.508 bits per heavy atom. The summed E-state index contributed by atoms with van der Waals surface area (Å²) in [5.74, 6) is -14.1. The minimum atomic E-state index is -2.35. The third-order valence-electron chi connectivity index (χ3n) is 9.70. The van der Waals surface area contributed by atoms with E-state index in [0.717, 1.165) is 13.0 Å². The second-order valence-electron chi connectivity index (χ2n) is 15.2. The smallest absolute Gasteiger partial charge is 0.313 e. The van der Waals surface area contributed by atoms with Gasteiger partial charge in [0.2, 0.25) is 34.8 Å². The van der Waals surface area contributed by atoms with E-state index in [9.17, 15) is 26.7 Å². The number of rotatable bonds is 51. The van der Waals surface area contributed by atoms with Crippen molar-refractivity contribution in [3.63, 3.8) is 0 Å². The van der Waals surface area contributed by atoms with Gasteiger partial charge in [0.05, 0.1) is 145 Å². The highest BCUT2D eigenvalue weighted by Gasteiger charge is 2.28. The summed E-state index contributed by atoms with van der Waals surface area (Å²) in [6, 6.07) is 0. The lowest BCUT2D eigenvalue weighted by Crippen LogP contribution is -2.16. The minimum absolute atomic E-state index is 0.0818. The first kappa shape index (κ1) is 60.9. The first-order valence-electron chi connectivity index (χ1n) is 24.0. The highest BCUT2D eigenvalue weighted by atomic mass is 19.2. The molecule has 0 heterocycles. The van der Waals surface area contributed by atoms with Gasteiger partial charge in [-0.1, -0.05) is 103 Å². The van der Waals surface area contributed by atoms with Crippen molar-refractivity contribution in [2.75, 3.05) is 145 Å². The Bertz CT molecular complexity index is 1190. The van der Waals surface area contributed by atoms with Crippen molar-refractivity contribution in [1.29, 1.82) is 0 Å². The summed E-state index contributed by atoms with van der Waals surface area (Å²) in [5, 5.41) is 0. The van der Waals surface area contributed by atoms with Crippen LogP contribution in [0.15, 0.2) is 0 Å². The molecule has 13 nitrogen and oxygen atoms in total. The third kappa shape index (κ3) is 37.6. The van der Waals surface area contributed by atoms with Crippen LogP contribution in [0, 0.1) is 29.1 Å². The molecule has 0 radical (unpaired) electrons. The number of esters is 1. The van der Waals surface area contributed by atoms with Crippen molar-refractivity contribution in [2.24, 2.45) is 0 Å². The highest BCUT2D eigenvalue weighted by Crippen LogP contribution is 2.29. The van der Waals surface area contributed by atoms with Crippen LogP contribution in [0.25, 0.3) is 0 Å². The van der Waals surface area contributed by atoms with Gasteiger partial charge in [-0.05, 0) is 6.42 Å². The van der Waals surface area contributed by atoms with Crippen molar-refractivity contribution < 1.29 is 83.6 Å². The molecule has 0 amide bonds. The van der Waals surface area contributed by atoms with Crippen molar-refractivity contribution >= 4 is 5.97 Å². The Morgan fingerprint density at radius 3 is 0.785 bits per heavy atom. The van der Waals surface area contributed by atoms with Crippen LogP contribution < -0.4 is 4.74 Å². The lowest BCUT2D eigenvalue weighted by molar-refractivity contribution is -0.136. The van der Waals surface area contributed by atoms with E-state index in [4.69, 9.17) is 52.1 Å². The van der Waals surface area contributed by atoms with E-state index >= 15 is 0 Å². The molecule has 0 aliphatic heterocycles. The normalized spacial score (nSPS) is 11.6.